The van der Waals surface area contributed by atoms with Gasteiger partial charge in [-0.2, -0.15) is 0 Å². The zero-order valence-corrected chi connectivity index (χ0v) is 16.3. The van der Waals surface area contributed by atoms with E-state index in [9.17, 15) is 19.2 Å². The van der Waals surface area contributed by atoms with Crippen molar-refractivity contribution >= 4 is 35.2 Å². The molecular weight excluding hydrogens is 390 g/mol. The first-order valence-electron chi connectivity index (χ1n) is 9.46. The number of fused-ring (bicyclic) bond motifs is 1. The van der Waals surface area contributed by atoms with Crippen molar-refractivity contribution in [3.63, 3.8) is 0 Å². The van der Waals surface area contributed by atoms with Crippen LogP contribution in [0.3, 0.4) is 0 Å². The number of aromatic nitrogens is 2. The average Bonchev–Trinajstić information content (AvgIpc) is 3.37. The van der Waals surface area contributed by atoms with Gasteiger partial charge in [0.05, 0.1) is 11.1 Å². The minimum atomic E-state index is -0.762. The molecule has 0 saturated carbocycles. The molecule has 30 heavy (non-hydrogen) atoms. The molecule has 0 bridgehead atoms. The summed E-state index contributed by atoms with van der Waals surface area (Å²) in [6.45, 7) is 1.30. The molecule has 0 unspecified atom stereocenters. The normalized spacial score (nSPS) is 15.4. The number of carbonyl (C=O) groups is 4. The third-order valence-electron chi connectivity index (χ3n) is 5.00. The monoisotopic (exact) mass is 409 g/mol. The minimum absolute atomic E-state index is 0.00965. The highest BCUT2D eigenvalue weighted by Gasteiger charge is 2.32. The quantitative estimate of drug-likeness (QED) is 0.575. The molecule has 0 aliphatic carbocycles. The number of benzene rings is 1. The molecule has 1 N–H and O–H groups in total. The summed E-state index contributed by atoms with van der Waals surface area (Å²) in [6, 6.07) is 7.61. The number of nitrogens with zero attached hydrogens (tertiary/aromatic N) is 4. The Kier molecular flexibility index (Phi) is 5.13. The number of amides is 3. The van der Waals surface area contributed by atoms with Gasteiger partial charge in [-0.15, -0.1) is 10.2 Å². The lowest BCUT2D eigenvalue weighted by molar-refractivity contribution is -0.119. The molecule has 0 spiro atoms. The van der Waals surface area contributed by atoms with E-state index in [1.807, 2.05) is 0 Å². The van der Waals surface area contributed by atoms with Crippen molar-refractivity contribution < 1.29 is 23.9 Å². The van der Waals surface area contributed by atoms with E-state index < -0.39 is 30.3 Å². The lowest BCUT2D eigenvalue weighted by Gasteiger charge is -2.15. The third-order valence-corrected chi connectivity index (χ3v) is 5.00. The molecule has 2 aliphatic heterocycles. The van der Waals surface area contributed by atoms with Crippen molar-refractivity contribution in [2.75, 3.05) is 37.0 Å². The van der Waals surface area contributed by atoms with E-state index in [0.29, 0.717) is 11.5 Å². The second-order valence-corrected chi connectivity index (χ2v) is 7.02. The maximum Gasteiger partial charge on any atom is 0.359 e. The van der Waals surface area contributed by atoms with Crippen LogP contribution >= 0.6 is 0 Å². The molecule has 0 radical (unpaired) electrons. The van der Waals surface area contributed by atoms with Crippen LogP contribution in [0.25, 0.3) is 0 Å². The van der Waals surface area contributed by atoms with Crippen LogP contribution < -0.4 is 10.2 Å². The van der Waals surface area contributed by atoms with Gasteiger partial charge in [0.15, 0.2) is 18.1 Å². The van der Waals surface area contributed by atoms with Crippen molar-refractivity contribution in [2.24, 2.45) is 0 Å². The average molecular weight is 409 g/mol. The zero-order valence-electron chi connectivity index (χ0n) is 16.3. The molecule has 2 aliphatic rings. The Balaban J connectivity index is 1.32. The first-order valence-corrected chi connectivity index (χ1v) is 9.46. The van der Waals surface area contributed by atoms with Crippen LogP contribution in [0.4, 0.5) is 11.5 Å². The first kappa shape index (κ1) is 19.5. The van der Waals surface area contributed by atoms with Crippen molar-refractivity contribution in [1.29, 1.82) is 0 Å². The number of carbonyl (C=O) groups excluding carboxylic acids is 4. The predicted octanol–water partition coefficient (Wildman–Crippen LogP) is 1.10. The highest BCUT2D eigenvalue weighted by molar-refractivity contribution is 6.21. The van der Waals surface area contributed by atoms with Gasteiger partial charge in [-0.3, -0.25) is 19.3 Å². The summed E-state index contributed by atoms with van der Waals surface area (Å²) in [5, 5.41) is 10.4. The lowest BCUT2D eigenvalue weighted by Crippen LogP contribution is -2.24. The van der Waals surface area contributed by atoms with E-state index in [1.54, 1.807) is 6.07 Å². The number of esters is 1. The highest BCUT2D eigenvalue weighted by atomic mass is 16.5. The second kappa shape index (κ2) is 7.90. The minimum Gasteiger partial charge on any atom is -0.451 e. The van der Waals surface area contributed by atoms with E-state index >= 15 is 0 Å². The lowest BCUT2D eigenvalue weighted by atomic mass is 10.1. The van der Waals surface area contributed by atoms with Crippen LogP contribution in [0.1, 0.15) is 44.0 Å². The summed E-state index contributed by atoms with van der Waals surface area (Å²) in [5.41, 5.74) is 0.824. The molecule has 1 fully saturated rings. The summed E-state index contributed by atoms with van der Waals surface area (Å²) in [4.78, 5) is 51.2. The smallest absolute Gasteiger partial charge is 0.359 e. The van der Waals surface area contributed by atoms with Gasteiger partial charge in [0.25, 0.3) is 17.7 Å². The van der Waals surface area contributed by atoms with E-state index in [1.165, 1.54) is 31.3 Å². The van der Waals surface area contributed by atoms with Crippen molar-refractivity contribution in [2.45, 2.75) is 12.8 Å². The summed E-state index contributed by atoms with van der Waals surface area (Å²) < 4.78 is 4.98. The van der Waals surface area contributed by atoms with Gasteiger partial charge in [-0.1, -0.05) is 0 Å². The Morgan fingerprint density at radius 2 is 1.77 bits per heavy atom. The fourth-order valence-electron chi connectivity index (χ4n) is 3.39. The summed E-state index contributed by atoms with van der Waals surface area (Å²) >= 11 is 0. The number of anilines is 2. The number of hydrogen-bond acceptors (Lipinski definition) is 8. The van der Waals surface area contributed by atoms with Crippen molar-refractivity contribution in [3.05, 3.63) is 47.2 Å². The Morgan fingerprint density at radius 3 is 2.47 bits per heavy atom. The van der Waals surface area contributed by atoms with Gasteiger partial charge in [0.2, 0.25) is 0 Å². The Labute approximate surface area is 171 Å². The summed E-state index contributed by atoms with van der Waals surface area (Å²) in [6.07, 6.45) is 2.21. The van der Waals surface area contributed by atoms with Crippen molar-refractivity contribution in [1.82, 2.24) is 15.1 Å². The van der Waals surface area contributed by atoms with E-state index in [0.717, 1.165) is 30.8 Å². The van der Waals surface area contributed by atoms with Crippen LogP contribution in [0.5, 0.6) is 0 Å². The molecule has 10 heteroatoms. The SMILES string of the molecule is CN1C(=O)c2ccc(NC(=O)COC(=O)c3ccc(N4CCCC4)nn3)cc2C1=O. The molecule has 0 atom stereocenters. The molecule has 10 nitrogen and oxygen atoms in total. The fourth-order valence-corrected chi connectivity index (χ4v) is 3.39. The van der Waals surface area contributed by atoms with Crippen LogP contribution in [0.2, 0.25) is 0 Å². The van der Waals surface area contributed by atoms with Gasteiger partial charge in [0.1, 0.15) is 0 Å². The van der Waals surface area contributed by atoms with E-state index in [2.05, 4.69) is 20.4 Å². The maximum absolute atomic E-state index is 12.1. The van der Waals surface area contributed by atoms with Crippen LogP contribution in [0, 0.1) is 0 Å². The van der Waals surface area contributed by atoms with Crippen LogP contribution in [0.15, 0.2) is 30.3 Å². The maximum atomic E-state index is 12.1. The molecular formula is C20H19N5O5. The number of imide groups is 1. The fraction of sp³-hybridized carbons (Fsp3) is 0.300. The molecule has 3 amide bonds. The second-order valence-electron chi connectivity index (χ2n) is 7.02. The summed E-state index contributed by atoms with van der Waals surface area (Å²) in [7, 11) is 1.39. The standard InChI is InChI=1S/C20H19N5O5/c1-24-18(27)13-5-4-12(10-14(13)19(24)28)21-17(26)11-30-20(29)15-6-7-16(23-22-15)25-8-2-3-9-25/h4-7,10H,2-3,8-9,11H2,1H3,(H,21,26). The van der Waals surface area contributed by atoms with Crippen LogP contribution in [-0.4, -0.2) is 65.5 Å². The van der Waals surface area contributed by atoms with Gasteiger partial charge in [0, 0.05) is 25.8 Å². The molecule has 3 heterocycles. The van der Waals surface area contributed by atoms with Gasteiger partial charge >= 0.3 is 5.97 Å². The highest BCUT2D eigenvalue weighted by Crippen LogP contribution is 2.24. The molecule has 4 rings (SSSR count). The van der Waals surface area contributed by atoms with Gasteiger partial charge < -0.3 is 15.0 Å². The number of hydrogen-bond donors (Lipinski definition) is 1. The third kappa shape index (κ3) is 3.71. The number of nitrogens with one attached hydrogen (secondary N) is 1. The molecule has 1 saturated heterocycles. The Hall–Kier alpha value is -3.82. The zero-order chi connectivity index (χ0) is 21.3. The van der Waals surface area contributed by atoms with Crippen molar-refractivity contribution in [3.8, 4) is 0 Å². The Bertz CT molecular complexity index is 1030. The van der Waals surface area contributed by atoms with E-state index in [4.69, 9.17) is 4.74 Å². The molecule has 154 valence electrons. The number of ether oxygens (including phenoxy) is 1. The van der Waals surface area contributed by atoms with Gasteiger partial charge in [-0.05, 0) is 43.2 Å². The molecule has 1 aromatic carbocycles. The van der Waals surface area contributed by atoms with Crippen LogP contribution in [-0.2, 0) is 9.53 Å². The molecule has 2 aromatic rings. The largest absolute Gasteiger partial charge is 0.451 e. The summed E-state index contributed by atoms with van der Waals surface area (Å²) in [5.74, 6) is -1.47. The first-order chi connectivity index (χ1) is 14.4. The topological polar surface area (TPSA) is 122 Å². The van der Waals surface area contributed by atoms with Gasteiger partial charge in [-0.25, -0.2) is 4.79 Å². The predicted molar refractivity (Wildman–Crippen MR) is 105 cm³/mol. The van der Waals surface area contributed by atoms with E-state index in [-0.39, 0.29) is 16.8 Å². The molecule has 1 aromatic heterocycles. The number of rotatable bonds is 5. The Morgan fingerprint density at radius 1 is 1.03 bits per heavy atom.